The zero-order chi connectivity index (χ0) is 13.8. The van der Waals surface area contributed by atoms with Gasteiger partial charge in [-0.1, -0.05) is 18.9 Å². The van der Waals surface area contributed by atoms with Crippen molar-refractivity contribution in [1.29, 1.82) is 0 Å². The fraction of sp³-hybridized carbons (Fsp3) is 0.556. The molecule has 0 unspecified atom stereocenters. The molecule has 0 radical (unpaired) electrons. The molecule has 0 amide bonds. The Labute approximate surface area is 122 Å². The first-order valence-electron chi connectivity index (χ1n) is 8.09. The molecule has 2 heteroatoms. The number of benzene rings is 1. The zero-order valence-electron chi connectivity index (χ0n) is 12.6. The van der Waals surface area contributed by atoms with Crippen LogP contribution in [0.4, 0.5) is 0 Å². The van der Waals surface area contributed by atoms with Crippen molar-refractivity contribution >= 4 is 10.9 Å². The Morgan fingerprint density at radius 1 is 1.20 bits per heavy atom. The molecule has 0 saturated heterocycles. The lowest BCUT2D eigenvalue weighted by Crippen LogP contribution is -2.08. The highest BCUT2D eigenvalue weighted by Gasteiger charge is 2.16. The predicted octanol–water partition coefficient (Wildman–Crippen LogP) is 3.98. The Hall–Kier alpha value is -1.28. The Bertz CT molecular complexity index is 550. The van der Waals surface area contributed by atoms with Crippen LogP contribution in [0, 0.1) is 5.92 Å². The lowest BCUT2D eigenvalue weighted by atomic mass is 10.1. The summed E-state index contributed by atoms with van der Waals surface area (Å²) in [7, 11) is 2.02. The average Bonchev–Trinajstić information content (AvgIpc) is 3.10. The van der Waals surface area contributed by atoms with E-state index in [4.69, 9.17) is 0 Å². The molecule has 20 heavy (non-hydrogen) atoms. The van der Waals surface area contributed by atoms with Crippen molar-refractivity contribution in [2.45, 2.75) is 45.1 Å². The smallest absolute Gasteiger partial charge is 0.0480 e. The summed E-state index contributed by atoms with van der Waals surface area (Å²) in [5, 5.41) is 4.62. The molecule has 0 bridgehead atoms. The van der Waals surface area contributed by atoms with Crippen LogP contribution in [0.1, 0.15) is 37.7 Å². The maximum absolute atomic E-state index is 3.22. The van der Waals surface area contributed by atoms with Gasteiger partial charge in [0.1, 0.15) is 0 Å². The van der Waals surface area contributed by atoms with Gasteiger partial charge in [-0.15, -0.1) is 0 Å². The van der Waals surface area contributed by atoms with Crippen molar-refractivity contribution in [3.8, 4) is 0 Å². The third-order valence-corrected chi connectivity index (χ3v) is 4.66. The maximum Gasteiger partial charge on any atom is 0.0480 e. The third kappa shape index (κ3) is 3.06. The van der Waals surface area contributed by atoms with Gasteiger partial charge in [0.2, 0.25) is 0 Å². The molecule has 1 saturated carbocycles. The predicted molar refractivity (Wildman–Crippen MR) is 86.1 cm³/mol. The fourth-order valence-electron chi connectivity index (χ4n) is 3.50. The molecule has 2 aromatic rings. The number of nitrogens with one attached hydrogen (secondary N) is 1. The van der Waals surface area contributed by atoms with Crippen molar-refractivity contribution in [2.75, 3.05) is 13.6 Å². The Morgan fingerprint density at radius 2 is 2.05 bits per heavy atom. The van der Waals surface area contributed by atoms with E-state index in [0.717, 1.165) is 12.5 Å². The number of hydrogen-bond acceptors (Lipinski definition) is 1. The summed E-state index contributed by atoms with van der Waals surface area (Å²) < 4.78 is 2.46. The third-order valence-electron chi connectivity index (χ3n) is 4.66. The number of hydrogen-bond donors (Lipinski definition) is 1. The summed E-state index contributed by atoms with van der Waals surface area (Å²) in [6.45, 7) is 2.31. The second-order valence-electron chi connectivity index (χ2n) is 6.22. The molecule has 1 aliphatic carbocycles. The first-order chi connectivity index (χ1) is 9.86. The first-order valence-corrected chi connectivity index (χ1v) is 8.09. The number of rotatable bonds is 6. The van der Waals surface area contributed by atoms with Gasteiger partial charge in [0.05, 0.1) is 0 Å². The number of nitrogens with zero attached hydrogens (tertiary/aromatic N) is 1. The van der Waals surface area contributed by atoms with Gasteiger partial charge in [-0.25, -0.2) is 0 Å². The molecule has 1 aromatic heterocycles. The summed E-state index contributed by atoms with van der Waals surface area (Å²) in [4.78, 5) is 0. The Kier molecular flexibility index (Phi) is 4.41. The van der Waals surface area contributed by atoms with Crippen molar-refractivity contribution in [1.82, 2.24) is 9.88 Å². The fourth-order valence-corrected chi connectivity index (χ4v) is 3.50. The van der Waals surface area contributed by atoms with Crippen LogP contribution < -0.4 is 5.32 Å². The van der Waals surface area contributed by atoms with Crippen LogP contribution in [0.2, 0.25) is 0 Å². The molecule has 0 aliphatic heterocycles. The standard InChI is InChI=1S/C18H26N2/c1-19-11-4-7-15-8-9-18-17(13-15)10-12-20(18)14-16-5-2-3-6-16/h8-10,12-13,16,19H,2-7,11,14H2,1H3. The van der Waals surface area contributed by atoms with E-state index in [1.807, 2.05) is 7.05 Å². The van der Waals surface area contributed by atoms with E-state index in [2.05, 4.69) is 40.3 Å². The van der Waals surface area contributed by atoms with E-state index < -0.39 is 0 Å². The van der Waals surface area contributed by atoms with Crippen molar-refractivity contribution < 1.29 is 0 Å². The lowest BCUT2D eigenvalue weighted by Gasteiger charge is -2.12. The first kappa shape index (κ1) is 13.7. The summed E-state index contributed by atoms with van der Waals surface area (Å²) in [6, 6.07) is 9.28. The van der Waals surface area contributed by atoms with Crippen LogP contribution in [0.25, 0.3) is 10.9 Å². The van der Waals surface area contributed by atoms with Gasteiger partial charge in [-0.2, -0.15) is 0 Å². The van der Waals surface area contributed by atoms with E-state index in [1.165, 1.54) is 61.5 Å². The molecule has 1 aromatic carbocycles. The average molecular weight is 270 g/mol. The van der Waals surface area contributed by atoms with E-state index in [-0.39, 0.29) is 0 Å². The molecule has 3 rings (SSSR count). The van der Waals surface area contributed by atoms with Crippen molar-refractivity contribution in [2.24, 2.45) is 5.92 Å². The molecule has 108 valence electrons. The molecule has 1 aliphatic rings. The molecular formula is C18H26N2. The largest absolute Gasteiger partial charge is 0.347 e. The minimum Gasteiger partial charge on any atom is -0.347 e. The van der Waals surface area contributed by atoms with Gasteiger partial charge in [-0.3, -0.25) is 0 Å². The second kappa shape index (κ2) is 6.45. The van der Waals surface area contributed by atoms with Gasteiger partial charge in [-0.05, 0) is 74.3 Å². The van der Waals surface area contributed by atoms with Crippen molar-refractivity contribution in [3.05, 3.63) is 36.0 Å². The number of aryl methyl sites for hydroxylation is 1. The van der Waals surface area contributed by atoms with Crippen LogP contribution in [-0.2, 0) is 13.0 Å². The topological polar surface area (TPSA) is 17.0 Å². The Morgan fingerprint density at radius 3 is 2.85 bits per heavy atom. The number of aromatic nitrogens is 1. The monoisotopic (exact) mass is 270 g/mol. The molecule has 1 heterocycles. The molecule has 2 nitrogen and oxygen atoms in total. The number of fused-ring (bicyclic) bond motifs is 1. The highest BCUT2D eigenvalue weighted by molar-refractivity contribution is 5.80. The quantitative estimate of drug-likeness (QED) is 0.786. The summed E-state index contributed by atoms with van der Waals surface area (Å²) in [5.74, 6) is 0.904. The van der Waals surface area contributed by atoms with Crippen LogP contribution >= 0.6 is 0 Å². The summed E-state index contributed by atoms with van der Waals surface area (Å²) >= 11 is 0. The zero-order valence-corrected chi connectivity index (χ0v) is 12.6. The van der Waals surface area contributed by atoms with Gasteiger partial charge < -0.3 is 9.88 Å². The molecular weight excluding hydrogens is 244 g/mol. The summed E-state index contributed by atoms with van der Waals surface area (Å²) in [5.41, 5.74) is 2.88. The molecule has 0 spiro atoms. The molecule has 0 atom stereocenters. The minimum atomic E-state index is 0.904. The van der Waals surface area contributed by atoms with E-state index in [0.29, 0.717) is 0 Å². The summed E-state index contributed by atoms with van der Waals surface area (Å²) in [6.07, 6.45) is 10.4. The highest BCUT2D eigenvalue weighted by atomic mass is 15.0. The molecule has 1 N–H and O–H groups in total. The second-order valence-corrected chi connectivity index (χ2v) is 6.22. The van der Waals surface area contributed by atoms with Gasteiger partial charge in [0.25, 0.3) is 0 Å². The van der Waals surface area contributed by atoms with E-state index >= 15 is 0 Å². The highest BCUT2D eigenvalue weighted by Crippen LogP contribution is 2.28. The van der Waals surface area contributed by atoms with Crippen LogP contribution in [0.15, 0.2) is 30.5 Å². The molecule has 1 fully saturated rings. The maximum atomic E-state index is 3.22. The normalized spacial score (nSPS) is 16.2. The van der Waals surface area contributed by atoms with E-state index in [9.17, 15) is 0 Å². The van der Waals surface area contributed by atoms with Crippen molar-refractivity contribution in [3.63, 3.8) is 0 Å². The van der Waals surface area contributed by atoms with E-state index in [1.54, 1.807) is 0 Å². The van der Waals surface area contributed by atoms with Crippen LogP contribution in [0.5, 0.6) is 0 Å². The Balaban J connectivity index is 1.72. The SMILES string of the molecule is CNCCCc1ccc2c(ccn2CC2CCCC2)c1. The van der Waals surface area contributed by atoms with Gasteiger partial charge in [0.15, 0.2) is 0 Å². The van der Waals surface area contributed by atoms with Gasteiger partial charge >= 0.3 is 0 Å². The minimum absolute atomic E-state index is 0.904. The van der Waals surface area contributed by atoms with Crippen LogP contribution in [0.3, 0.4) is 0 Å². The van der Waals surface area contributed by atoms with Gasteiger partial charge in [0, 0.05) is 18.3 Å². The van der Waals surface area contributed by atoms with Crippen LogP contribution in [-0.4, -0.2) is 18.2 Å². The lowest BCUT2D eigenvalue weighted by molar-refractivity contribution is 0.466.